The largest absolute Gasteiger partial charge is 0.490 e. The van der Waals surface area contributed by atoms with Crippen LogP contribution < -0.4 is 15.2 Å². The van der Waals surface area contributed by atoms with Crippen LogP contribution in [0.2, 0.25) is 0 Å². The van der Waals surface area contributed by atoms with Gasteiger partial charge >= 0.3 is 0 Å². The molecule has 0 aromatic carbocycles. The highest BCUT2D eigenvalue weighted by atomic mass is 16.5. The highest BCUT2D eigenvalue weighted by molar-refractivity contribution is 5.39. The lowest BCUT2D eigenvalue weighted by Gasteiger charge is -2.32. The van der Waals surface area contributed by atoms with Crippen molar-refractivity contribution < 1.29 is 9.84 Å². The van der Waals surface area contributed by atoms with Crippen LogP contribution in [0.15, 0.2) is 4.79 Å². The first-order valence-electron chi connectivity index (χ1n) is 6.01. The third-order valence-electron chi connectivity index (χ3n) is 2.94. The summed E-state index contributed by atoms with van der Waals surface area (Å²) >= 11 is 0. The molecule has 18 heavy (non-hydrogen) atoms. The summed E-state index contributed by atoms with van der Waals surface area (Å²) < 4.78 is 5.04. The number of nitrogens with one attached hydrogen (secondary N) is 1. The smallest absolute Gasteiger partial charge is 0.298 e. The maximum Gasteiger partial charge on any atom is 0.298 e. The van der Waals surface area contributed by atoms with Crippen LogP contribution in [0.4, 0.5) is 5.95 Å². The molecule has 7 heteroatoms. The second-order valence-corrected chi connectivity index (χ2v) is 4.27. The van der Waals surface area contributed by atoms with Crippen molar-refractivity contribution in [2.24, 2.45) is 0 Å². The maximum absolute atomic E-state index is 11.7. The third kappa shape index (κ3) is 2.56. The van der Waals surface area contributed by atoms with E-state index in [1.54, 1.807) is 6.92 Å². The molecule has 0 atom stereocenters. The molecule has 0 spiro atoms. The molecule has 0 radical (unpaired) electrons. The quantitative estimate of drug-likeness (QED) is 0.765. The van der Waals surface area contributed by atoms with E-state index < -0.39 is 5.56 Å². The number of anilines is 1. The van der Waals surface area contributed by atoms with E-state index in [0.29, 0.717) is 12.6 Å². The molecule has 1 aromatic heterocycles. The molecule has 2 heterocycles. The van der Waals surface area contributed by atoms with E-state index in [-0.39, 0.29) is 11.6 Å². The minimum atomic E-state index is -0.446. The summed E-state index contributed by atoms with van der Waals surface area (Å²) in [6.45, 7) is 5.40. The molecule has 1 aliphatic rings. The Morgan fingerprint density at radius 2 is 2.06 bits per heavy atom. The number of hydrogen-bond donors (Lipinski definition) is 2. The molecule has 1 aromatic rings. The number of ether oxygens (including phenoxy) is 1. The van der Waals surface area contributed by atoms with Gasteiger partial charge in [0.25, 0.3) is 11.4 Å². The lowest BCUT2D eigenvalue weighted by molar-refractivity contribution is 0.301. The molecule has 0 bridgehead atoms. The van der Waals surface area contributed by atoms with Gasteiger partial charge in [0.15, 0.2) is 0 Å². The first-order valence-corrected chi connectivity index (χ1v) is 6.01. The molecule has 0 amide bonds. The number of rotatable bonds is 3. The lowest BCUT2D eigenvalue weighted by atomic mass is 10.3. The molecule has 1 saturated heterocycles. The van der Waals surface area contributed by atoms with Gasteiger partial charge in [0.1, 0.15) is 0 Å². The number of aromatic hydroxyl groups is 1. The Morgan fingerprint density at radius 3 is 2.61 bits per heavy atom. The van der Waals surface area contributed by atoms with Gasteiger partial charge in [-0.25, -0.2) is 0 Å². The molecular weight excluding hydrogens is 236 g/mol. The number of nitrogens with zero attached hydrogens (tertiary/aromatic N) is 3. The van der Waals surface area contributed by atoms with E-state index in [0.717, 1.165) is 26.2 Å². The fourth-order valence-electron chi connectivity index (χ4n) is 1.88. The Morgan fingerprint density at radius 1 is 1.39 bits per heavy atom. The average molecular weight is 254 g/mol. The predicted molar refractivity (Wildman–Crippen MR) is 67.4 cm³/mol. The number of aromatic amines is 1. The van der Waals surface area contributed by atoms with E-state index in [4.69, 9.17) is 4.74 Å². The first kappa shape index (κ1) is 12.7. The highest BCUT2D eigenvalue weighted by Gasteiger charge is 2.19. The van der Waals surface area contributed by atoms with E-state index in [1.807, 2.05) is 11.9 Å². The van der Waals surface area contributed by atoms with Crippen molar-refractivity contribution in [2.45, 2.75) is 6.92 Å². The van der Waals surface area contributed by atoms with Crippen LogP contribution in [0.1, 0.15) is 6.92 Å². The van der Waals surface area contributed by atoms with Gasteiger partial charge in [-0.15, -0.1) is 0 Å². The van der Waals surface area contributed by atoms with Crippen LogP contribution >= 0.6 is 0 Å². The van der Waals surface area contributed by atoms with Crippen molar-refractivity contribution in [3.05, 3.63) is 10.4 Å². The van der Waals surface area contributed by atoms with Crippen LogP contribution in [-0.4, -0.2) is 59.8 Å². The molecule has 1 aliphatic heterocycles. The number of piperazine rings is 1. The molecule has 0 aliphatic carbocycles. The Bertz CT molecular complexity index is 466. The molecule has 7 nitrogen and oxygen atoms in total. The molecule has 100 valence electrons. The zero-order valence-electron chi connectivity index (χ0n) is 10.6. The molecule has 2 N–H and O–H groups in total. The standard InChI is InChI=1S/C11H18N4O3/c1-3-18-8-9(16)12-11(13-10(8)17)15-6-4-14(2)5-7-15/h3-7H2,1-2H3,(H2,12,13,16,17). The van der Waals surface area contributed by atoms with Gasteiger partial charge in [0, 0.05) is 26.2 Å². The van der Waals surface area contributed by atoms with Crippen molar-refractivity contribution in [1.29, 1.82) is 0 Å². The summed E-state index contributed by atoms with van der Waals surface area (Å²) in [5, 5.41) is 9.69. The van der Waals surface area contributed by atoms with Gasteiger partial charge in [-0.3, -0.25) is 9.78 Å². The topological polar surface area (TPSA) is 81.7 Å². The zero-order valence-corrected chi connectivity index (χ0v) is 10.6. The monoisotopic (exact) mass is 254 g/mol. The summed E-state index contributed by atoms with van der Waals surface area (Å²) in [4.78, 5) is 22.5. The Balaban J connectivity index is 2.22. The van der Waals surface area contributed by atoms with Gasteiger partial charge in [-0.2, -0.15) is 4.98 Å². The Kier molecular flexibility index (Phi) is 3.71. The lowest BCUT2D eigenvalue weighted by Crippen LogP contribution is -2.45. The van der Waals surface area contributed by atoms with E-state index in [1.165, 1.54) is 0 Å². The van der Waals surface area contributed by atoms with Crippen LogP contribution in [0.3, 0.4) is 0 Å². The molecule has 2 rings (SSSR count). The van der Waals surface area contributed by atoms with Crippen LogP contribution in [0, 0.1) is 0 Å². The minimum Gasteiger partial charge on any atom is -0.490 e. The van der Waals surface area contributed by atoms with Crippen molar-refractivity contribution in [1.82, 2.24) is 14.9 Å². The summed E-state index contributed by atoms with van der Waals surface area (Å²) in [5.41, 5.74) is -0.446. The first-order chi connectivity index (χ1) is 8.61. The van der Waals surface area contributed by atoms with Crippen molar-refractivity contribution in [3.63, 3.8) is 0 Å². The third-order valence-corrected chi connectivity index (χ3v) is 2.94. The van der Waals surface area contributed by atoms with Crippen molar-refractivity contribution in [3.8, 4) is 11.6 Å². The molecule has 1 fully saturated rings. The van der Waals surface area contributed by atoms with Crippen LogP contribution in [0.25, 0.3) is 0 Å². The van der Waals surface area contributed by atoms with Crippen molar-refractivity contribution >= 4 is 5.95 Å². The fourth-order valence-corrected chi connectivity index (χ4v) is 1.88. The SMILES string of the molecule is CCOc1c(O)nc(N2CCN(C)CC2)[nH]c1=O. The number of likely N-dealkylation sites (N-methyl/N-ethyl adjacent to an activating group) is 1. The van der Waals surface area contributed by atoms with Crippen molar-refractivity contribution in [2.75, 3.05) is 44.7 Å². The summed E-state index contributed by atoms with van der Waals surface area (Å²) in [6.07, 6.45) is 0. The Labute approximate surface area is 105 Å². The number of aromatic nitrogens is 2. The second kappa shape index (κ2) is 5.26. The Hall–Kier alpha value is -1.76. The highest BCUT2D eigenvalue weighted by Crippen LogP contribution is 2.20. The molecule has 0 saturated carbocycles. The van der Waals surface area contributed by atoms with Gasteiger partial charge < -0.3 is 19.6 Å². The second-order valence-electron chi connectivity index (χ2n) is 4.27. The van der Waals surface area contributed by atoms with Gasteiger partial charge in [0.2, 0.25) is 11.7 Å². The molecular formula is C11H18N4O3. The predicted octanol–water partition coefficient (Wildman–Crippen LogP) is -0.374. The number of hydrogen-bond acceptors (Lipinski definition) is 6. The maximum atomic E-state index is 11.7. The zero-order chi connectivity index (χ0) is 13.1. The van der Waals surface area contributed by atoms with Gasteiger partial charge in [-0.05, 0) is 14.0 Å². The van der Waals surface area contributed by atoms with Gasteiger partial charge in [0.05, 0.1) is 6.61 Å². The van der Waals surface area contributed by atoms with Crippen LogP contribution in [-0.2, 0) is 0 Å². The van der Waals surface area contributed by atoms with E-state index in [2.05, 4.69) is 14.9 Å². The summed E-state index contributed by atoms with van der Waals surface area (Å²) in [6, 6.07) is 0. The fraction of sp³-hybridized carbons (Fsp3) is 0.636. The normalized spacial score (nSPS) is 16.9. The minimum absolute atomic E-state index is 0.115. The number of H-pyrrole nitrogens is 1. The van der Waals surface area contributed by atoms with Crippen LogP contribution in [0.5, 0.6) is 11.6 Å². The molecule has 0 unspecified atom stereocenters. The summed E-state index contributed by atoms with van der Waals surface area (Å²) in [5.74, 6) is -0.0704. The van der Waals surface area contributed by atoms with Gasteiger partial charge in [-0.1, -0.05) is 0 Å². The average Bonchev–Trinajstić information content (AvgIpc) is 2.34. The van der Waals surface area contributed by atoms with E-state index >= 15 is 0 Å². The summed E-state index contributed by atoms with van der Waals surface area (Å²) in [7, 11) is 2.04. The van der Waals surface area contributed by atoms with E-state index in [9.17, 15) is 9.90 Å².